The third kappa shape index (κ3) is 9.86. The van der Waals surface area contributed by atoms with E-state index >= 15 is 0 Å². The van der Waals surface area contributed by atoms with E-state index in [4.69, 9.17) is 13.3 Å². The standard InChI is InChI=1S/C8H10AsNO5.C7H8.C3H6O/c1-5(11)10-8-6(9(13,14)15)3-2-4-7(8)12;1-7-5-3-2-4-6-7;1-2-3-4/h2-4,12H,1H3,(H,10,11)(H2,13,14,15);2-6H,1H3;2,4H,1,3H2. The summed E-state index contributed by atoms with van der Waals surface area (Å²) in [6.45, 7) is 6.58. The molecule has 5 N–H and O–H groups in total. The van der Waals surface area contributed by atoms with Crippen LogP contribution in [-0.4, -0.2) is 45.1 Å². The molecule has 0 radical (unpaired) electrons. The molecular weight excluding hydrogens is 401 g/mol. The van der Waals surface area contributed by atoms with E-state index in [-0.39, 0.29) is 22.4 Å². The number of aliphatic hydroxyl groups is 1. The van der Waals surface area contributed by atoms with Crippen molar-refractivity contribution in [2.45, 2.75) is 13.8 Å². The fourth-order valence-corrected chi connectivity index (χ4v) is 3.17. The Morgan fingerprint density at radius 2 is 1.69 bits per heavy atom. The first-order valence-electron chi connectivity index (χ1n) is 7.52. The van der Waals surface area contributed by atoms with Crippen LogP contribution >= 0.6 is 0 Å². The van der Waals surface area contributed by atoms with Crippen LogP contribution in [0.3, 0.4) is 0 Å². The predicted molar refractivity (Wildman–Crippen MR) is 101 cm³/mol. The van der Waals surface area contributed by atoms with Gasteiger partial charge in [-0.1, -0.05) is 42.0 Å². The summed E-state index contributed by atoms with van der Waals surface area (Å²) in [4.78, 5) is 10.8. The second-order valence-electron chi connectivity index (χ2n) is 5.02. The number of phenols is 1. The monoisotopic (exact) mass is 425 g/mol. The summed E-state index contributed by atoms with van der Waals surface area (Å²) in [6, 6.07) is 14.0. The summed E-state index contributed by atoms with van der Waals surface area (Å²) in [5, 5.41) is 19.3. The van der Waals surface area contributed by atoms with Gasteiger partial charge in [-0.05, 0) is 6.92 Å². The summed E-state index contributed by atoms with van der Waals surface area (Å²) in [5.74, 6) is -0.880. The smallest absolute Gasteiger partial charge is 0.0398 e. The van der Waals surface area contributed by atoms with E-state index in [1.165, 1.54) is 36.8 Å². The molecule has 0 fully saturated rings. The Morgan fingerprint density at radius 1 is 1.15 bits per heavy atom. The molecule has 0 aliphatic rings. The van der Waals surface area contributed by atoms with Crippen LogP contribution in [0.1, 0.15) is 12.5 Å². The average molecular weight is 425 g/mol. The van der Waals surface area contributed by atoms with Gasteiger partial charge in [-0.25, -0.2) is 0 Å². The maximum Gasteiger partial charge on any atom is -0.0398 e. The SMILES string of the molecule is C=CCO.CC(=O)Nc1c(O)cccc1[As](=O)(O)O.Cc1ccccc1. The van der Waals surface area contributed by atoms with E-state index in [2.05, 4.69) is 31.0 Å². The van der Waals surface area contributed by atoms with Gasteiger partial charge in [0.05, 0.1) is 6.61 Å². The molecule has 0 aliphatic carbocycles. The molecular formula is C18H24AsNO6. The molecule has 2 aromatic rings. The first kappa shape index (κ1) is 23.7. The van der Waals surface area contributed by atoms with Crippen LogP contribution in [0.15, 0.2) is 61.2 Å². The Balaban J connectivity index is 0.000000467. The van der Waals surface area contributed by atoms with Crippen LogP contribution in [0.25, 0.3) is 0 Å². The molecule has 2 rings (SSSR count). The number of benzene rings is 2. The van der Waals surface area contributed by atoms with Crippen molar-refractivity contribution in [2.75, 3.05) is 11.9 Å². The molecule has 26 heavy (non-hydrogen) atoms. The van der Waals surface area contributed by atoms with Gasteiger partial charge in [-0.3, -0.25) is 0 Å². The number of anilines is 1. The maximum absolute atomic E-state index is 11.1. The van der Waals surface area contributed by atoms with Crippen molar-refractivity contribution in [1.29, 1.82) is 0 Å². The van der Waals surface area contributed by atoms with Gasteiger partial charge in [-0.2, -0.15) is 0 Å². The Bertz CT molecular complexity index is 743. The van der Waals surface area contributed by atoms with Gasteiger partial charge >= 0.3 is 88.1 Å². The molecule has 0 bridgehead atoms. The Morgan fingerprint density at radius 3 is 2.04 bits per heavy atom. The Kier molecular flexibility index (Phi) is 11.0. The van der Waals surface area contributed by atoms with Crippen LogP contribution in [-0.2, 0) is 8.53 Å². The summed E-state index contributed by atoms with van der Waals surface area (Å²) < 4.78 is 28.8. The number of aromatic hydroxyl groups is 1. The summed E-state index contributed by atoms with van der Waals surface area (Å²) >= 11 is -5.14. The fourth-order valence-electron chi connectivity index (χ4n) is 1.61. The van der Waals surface area contributed by atoms with Gasteiger partial charge in [0.1, 0.15) is 0 Å². The van der Waals surface area contributed by atoms with Crippen LogP contribution in [0, 0.1) is 6.92 Å². The number of carbonyl (C=O) groups is 1. The molecule has 7 nitrogen and oxygen atoms in total. The van der Waals surface area contributed by atoms with Gasteiger partial charge in [0.15, 0.2) is 0 Å². The second-order valence-corrected chi connectivity index (χ2v) is 8.32. The van der Waals surface area contributed by atoms with Gasteiger partial charge in [0, 0.05) is 0 Å². The number of para-hydroxylation sites is 1. The summed E-state index contributed by atoms with van der Waals surface area (Å²) in [6.07, 6.45) is 1.43. The first-order valence-corrected chi connectivity index (χ1v) is 10.9. The van der Waals surface area contributed by atoms with Gasteiger partial charge in [0.2, 0.25) is 0 Å². The van der Waals surface area contributed by atoms with Crippen LogP contribution in [0.5, 0.6) is 5.75 Å². The number of aryl methyl sites for hydroxylation is 1. The zero-order valence-corrected chi connectivity index (χ0v) is 16.5. The third-order valence-electron chi connectivity index (χ3n) is 2.70. The molecule has 0 heterocycles. The van der Waals surface area contributed by atoms with E-state index in [9.17, 15) is 13.6 Å². The molecule has 142 valence electrons. The van der Waals surface area contributed by atoms with Gasteiger partial charge in [-0.15, -0.1) is 6.58 Å². The van der Waals surface area contributed by atoms with E-state index in [1.807, 2.05) is 18.2 Å². The van der Waals surface area contributed by atoms with Crippen molar-refractivity contribution >= 4 is 30.1 Å². The normalized spacial score (nSPS) is 9.73. The van der Waals surface area contributed by atoms with E-state index < -0.39 is 20.1 Å². The number of rotatable bonds is 3. The molecule has 0 spiro atoms. The van der Waals surface area contributed by atoms with E-state index in [0.29, 0.717) is 0 Å². The zero-order valence-electron chi connectivity index (χ0n) is 14.7. The number of hydrogen-bond donors (Lipinski definition) is 5. The van der Waals surface area contributed by atoms with Gasteiger partial charge in [0.25, 0.3) is 0 Å². The topological polar surface area (TPSA) is 127 Å². The molecule has 0 unspecified atom stereocenters. The fraction of sp³-hybridized carbons (Fsp3) is 0.167. The molecule has 1 amide bonds. The molecule has 8 heteroatoms. The number of hydrogen-bond acceptors (Lipinski definition) is 4. The quantitative estimate of drug-likeness (QED) is 0.285. The average Bonchev–Trinajstić information content (AvgIpc) is 2.57. The second kappa shape index (κ2) is 12.1. The first-order chi connectivity index (χ1) is 12.1. The number of amides is 1. The van der Waals surface area contributed by atoms with Crippen molar-refractivity contribution in [1.82, 2.24) is 0 Å². The number of carbonyl (C=O) groups excluding carboxylic acids is 1. The number of aliphatic hydroxyl groups excluding tert-OH is 1. The van der Waals surface area contributed by atoms with Gasteiger partial charge < -0.3 is 5.11 Å². The van der Waals surface area contributed by atoms with Crippen molar-refractivity contribution in [3.8, 4) is 5.75 Å². The Labute approximate surface area is 155 Å². The molecule has 0 aliphatic heterocycles. The summed E-state index contributed by atoms with van der Waals surface area (Å²) in [5.41, 5.74) is 1.10. The van der Waals surface area contributed by atoms with Crippen molar-refractivity contribution in [2.24, 2.45) is 0 Å². The van der Waals surface area contributed by atoms with E-state index in [0.717, 1.165) is 0 Å². The number of phenolic OH excluding ortho intramolecular Hbond substituents is 1. The van der Waals surface area contributed by atoms with E-state index in [1.54, 1.807) is 0 Å². The molecule has 0 atom stereocenters. The summed E-state index contributed by atoms with van der Waals surface area (Å²) in [7, 11) is 0. The van der Waals surface area contributed by atoms with Crippen molar-refractivity contribution in [3.63, 3.8) is 0 Å². The van der Waals surface area contributed by atoms with Crippen molar-refractivity contribution < 1.29 is 26.9 Å². The largest absolute Gasteiger partial charge is 0.0622 e. The minimum atomic E-state index is -5.14. The van der Waals surface area contributed by atoms with Crippen LogP contribution in [0.4, 0.5) is 5.69 Å². The minimum Gasteiger partial charge on any atom is -0.0622 e. The Hall–Kier alpha value is -2.31. The molecule has 2 aromatic carbocycles. The maximum atomic E-state index is 11.1. The molecule has 0 saturated heterocycles. The predicted octanol–water partition coefficient (Wildman–Crippen LogP) is 1.07. The number of nitrogens with one attached hydrogen (secondary N) is 1. The zero-order chi connectivity index (χ0) is 20.2. The third-order valence-corrected chi connectivity index (χ3v) is 4.80. The van der Waals surface area contributed by atoms with Crippen molar-refractivity contribution in [3.05, 3.63) is 66.7 Å². The van der Waals surface area contributed by atoms with Crippen LogP contribution < -0.4 is 9.67 Å². The molecule has 0 aromatic heterocycles. The minimum absolute atomic E-state index is 0.0833. The van der Waals surface area contributed by atoms with Crippen LogP contribution in [0.2, 0.25) is 0 Å². The molecule has 0 saturated carbocycles.